The molecular weight excluding hydrogens is 402 g/mol. The third kappa shape index (κ3) is 4.11. The molecule has 0 saturated carbocycles. The van der Waals surface area contributed by atoms with Crippen molar-refractivity contribution >= 4 is 17.4 Å². The van der Waals surface area contributed by atoms with Gasteiger partial charge in [0.05, 0.1) is 11.4 Å². The first kappa shape index (κ1) is 19.6. The van der Waals surface area contributed by atoms with Crippen molar-refractivity contribution in [3.63, 3.8) is 0 Å². The zero-order valence-corrected chi connectivity index (χ0v) is 18.4. The van der Waals surface area contributed by atoms with Crippen molar-refractivity contribution in [3.8, 4) is 5.69 Å². The first-order chi connectivity index (χ1) is 15.2. The van der Waals surface area contributed by atoms with E-state index in [1.165, 1.54) is 16.7 Å². The Morgan fingerprint density at radius 3 is 2.55 bits per heavy atom. The second-order valence-electron chi connectivity index (χ2n) is 7.67. The largest absolute Gasteiger partial charge is 0.307 e. The molecule has 0 aliphatic heterocycles. The number of aromatic nitrogens is 5. The number of hydrogen-bond donors (Lipinski definition) is 0. The van der Waals surface area contributed by atoms with Crippen molar-refractivity contribution in [2.75, 3.05) is 0 Å². The van der Waals surface area contributed by atoms with Crippen molar-refractivity contribution in [3.05, 3.63) is 107 Å². The summed E-state index contributed by atoms with van der Waals surface area (Å²) in [5, 5.41) is 10.0. The van der Waals surface area contributed by atoms with Crippen LogP contribution in [-0.4, -0.2) is 24.1 Å². The summed E-state index contributed by atoms with van der Waals surface area (Å²) in [5.41, 5.74) is 6.79. The first-order valence-corrected chi connectivity index (χ1v) is 11.3. The molecule has 6 heteroatoms. The third-order valence-corrected chi connectivity index (χ3v) is 6.22. The van der Waals surface area contributed by atoms with Gasteiger partial charge in [0, 0.05) is 24.6 Å². The number of thioether (sulfide) groups is 1. The molecule has 0 N–H and O–H groups in total. The van der Waals surface area contributed by atoms with Gasteiger partial charge in [-0.05, 0) is 43.2 Å². The lowest BCUT2D eigenvalue weighted by molar-refractivity contribution is 0.840. The Labute approximate surface area is 185 Å². The van der Waals surface area contributed by atoms with Crippen molar-refractivity contribution in [2.45, 2.75) is 31.2 Å². The van der Waals surface area contributed by atoms with Crippen LogP contribution < -0.4 is 0 Å². The molecular formula is C25H23N5S. The van der Waals surface area contributed by atoms with E-state index in [4.69, 9.17) is 4.98 Å². The van der Waals surface area contributed by atoms with E-state index in [1.54, 1.807) is 11.8 Å². The Bertz CT molecular complexity index is 1300. The molecule has 31 heavy (non-hydrogen) atoms. The van der Waals surface area contributed by atoms with E-state index >= 15 is 0 Å². The molecule has 0 radical (unpaired) electrons. The fourth-order valence-electron chi connectivity index (χ4n) is 3.78. The van der Waals surface area contributed by atoms with E-state index in [-0.39, 0.29) is 0 Å². The van der Waals surface area contributed by atoms with Crippen molar-refractivity contribution in [1.29, 1.82) is 0 Å². The molecule has 3 heterocycles. The Morgan fingerprint density at radius 2 is 1.74 bits per heavy atom. The SMILES string of the molecule is Cc1ccc(-n2c(Cc3ccccc3)nnc2SCc2cn3ccccc3n2)c(C)c1. The fourth-order valence-corrected chi connectivity index (χ4v) is 4.63. The van der Waals surface area contributed by atoms with Gasteiger partial charge in [0.1, 0.15) is 11.5 Å². The minimum absolute atomic E-state index is 0.732. The highest BCUT2D eigenvalue weighted by Gasteiger charge is 2.17. The summed E-state index contributed by atoms with van der Waals surface area (Å²) in [6, 6.07) is 23.0. The number of fused-ring (bicyclic) bond motifs is 1. The van der Waals surface area contributed by atoms with E-state index in [9.17, 15) is 0 Å². The molecule has 0 aliphatic carbocycles. The minimum atomic E-state index is 0.732. The molecule has 3 aromatic heterocycles. The summed E-state index contributed by atoms with van der Waals surface area (Å²) in [7, 11) is 0. The van der Waals surface area contributed by atoms with Gasteiger partial charge in [-0.3, -0.25) is 4.57 Å². The predicted octanol–water partition coefficient (Wildman–Crippen LogP) is 5.41. The van der Waals surface area contributed by atoms with Gasteiger partial charge < -0.3 is 4.40 Å². The van der Waals surface area contributed by atoms with Gasteiger partial charge in [0.25, 0.3) is 0 Å². The number of aryl methyl sites for hydroxylation is 2. The molecule has 5 rings (SSSR count). The van der Waals surface area contributed by atoms with Gasteiger partial charge in [-0.15, -0.1) is 10.2 Å². The van der Waals surface area contributed by atoms with E-state index in [2.05, 4.69) is 77.3 Å². The van der Waals surface area contributed by atoms with Crippen LogP contribution in [0.1, 0.15) is 28.2 Å². The quantitative estimate of drug-likeness (QED) is 0.341. The Morgan fingerprint density at radius 1 is 0.903 bits per heavy atom. The summed E-state index contributed by atoms with van der Waals surface area (Å²) in [6.07, 6.45) is 4.83. The van der Waals surface area contributed by atoms with Gasteiger partial charge >= 0.3 is 0 Å². The van der Waals surface area contributed by atoms with E-state index in [1.807, 2.05) is 34.9 Å². The molecule has 0 amide bonds. The highest BCUT2D eigenvalue weighted by atomic mass is 32.2. The van der Waals surface area contributed by atoms with Gasteiger partial charge in [-0.1, -0.05) is 65.9 Å². The van der Waals surface area contributed by atoms with Gasteiger partial charge in [0.15, 0.2) is 5.16 Å². The molecule has 5 nitrogen and oxygen atoms in total. The lowest BCUT2D eigenvalue weighted by Crippen LogP contribution is -2.06. The van der Waals surface area contributed by atoms with Gasteiger partial charge in [-0.2, -0.15) is 0 Å². The topological polar surface area (TPSA) is 48.0 Å². The zero-order chi connectivity index (χ0) is 21.2. The summed E-state index contributed by atoms with van der Waals surface area (Å²) in [4.78, 5) is 4.72. The predicted molar refractivity (Wildman–Crippen MR) is 125 cm³/mol. The van der Waals surface area contributed by atoms with Crippen LogP contribution in [0.5, 0.6) is 0 Å². The molecule has 2 aromatic carbocycles. The molecule has 0 aliphatic rings. The standard InChI is InChI=1S/C25H23N5S/c1-18-11-12-22(19(2)14-18)30-24(15-20-8-4-3-5-9-20)27-28-25(30)31-17-21-16-29-13-7-6-10-23(29)26-21/h3-14,16H,15,17H2,1-2H3. The van der Waals surface area contributed by atoms with E-state index in [0.717, 1.165) is 40.2 Å². The molecule has 0 fully saturated rings. The third-order valence-electron chi connectivity index (χ3n) is 5.26. The average Bonchev–Trinajstić information content (AvgIpc) is 3.37. The van der Waals surface area contributed by atoms with Crippen LogP contribution in [0.15, 0.2) is 84.3 Å². The number of rotatable bonds is 6. The molecule has 0 saturated heterocycles. The Hall–Kier alpha value is -3.38. The highest BCUT2D eigenvalue weighted by molar-refractivity contribution is 7.98. The molecule has 0 atom stereocenters. The molecule has 0 unspecified atom stereocenters. The monoisotopic (exact) mass is 425 g/mol. The molecule has 0 spiro atoms. The highest BCUT2D eigenvalue weighted by Crippen LogP contribution is 2.28. The minimum Gasteiger partial charge on any atom is -0.307 e. The van der Waals surface area contributed by atoms with Crippen molar-refractivity contribution in [2.24, 2.45) is 0 Å². The van der Waals surface area contributed by atoms with Crippen molar-refractivity contribution < 1.29 is 0 Å². The first-order valence-electron chi connectivity index (χ1n) is 10.3. The maximum absolute atomic E-state index is 4.72. The Balaban J connectivity index is 1.50. The summed E-state index contributed by atoms with van der Waals surface area (Å²) in [6.45, 7) is 4.26. The summed E-state index contributed by atoms with van der Waals surface area (Å²) in [5.74, 6) is 1.67. The molecule has 0 bridgehead atoms. The van der Waals surface area contributed by atoms with Crippen LogP contribution in [-0.2, 0) is 12.2 Å². The number of imidazole rings is 1. The van der Waals surface area contributed by atoms with E-state index < -0.39 is 0 Å². The number of nitrogens with zero attached hydrogens (tertiary/aromatic N) is 5. The van der Waals surface area contributed by atoms with Crippen LogP contribution >= 0.6 is 11.8 Å². The smallest absolute Gasteiger partial charge is 0.196 e. The molecule has 154 valence electrons. The van der Waals surface area contributed by atoms with Crippen LogP contribution in [0.2, 0.25) is 0 Å². The summed E-state index contributed by atoms with van der Waals surface area (Å²) >= 11 is 1.67. The lowest BCUT2D eigenvalue weighted by Gasteiger charge is -2.13. The maximum atomic E-state index is 4.72. The normalized spacial score (nSPS) is 11.3. The van der Waals surface area contributed by atoms with Gasteiger partial charge in [-0.25, -0.2) is 4.98 Å². The lowest BCUT2D eigenvalue weighted by atomic mass is 10.1. The second kappa shape index (κ2) is 8.40. The van der Waals surface area contributed by atoms with Crippen LogP contribution in [0.3, 0.4) is 0 Å². The fraction of sp³-hybridized carbons (Fsp3) is 0.160. The van der Waals surface area contributed by atoms with Crippen LogP contribution in [0.25, 0.3) is 11.3 Å². The number of pyridine rings is 1. The number of benzene rings is 2. The Kier molecular flexibility index (Phi) is 5.30. The summed E-state index contributed by atoms with van der Waals surface area (Å²) < 4.78 is 4.24. The molecule has 5 aromatic rings. The van der Waals surface area contributed by atoms with E-state index in [0.29, 0.717) is 0 Å². The van der Waals surface area contributed by atoms with Gasteiger partial charge in [0.2, 0.25) is 0 Å². The number of hydrogen-bond acceptors (Lipinski definition) is 4. The van der Waals surface area contributed by atoms with Crippen LogP contribution in [0, 0.1) is 13.8 Å². The average molecular weight is 426 g/mol. The maximum Gasteiger partial charge on any atom is 0.196 e. The second-order valence-corrected chi connectivity index (χ2v) is 8.62. The van der Waals surface area contributed by atoms with Crippen LogP contribution in [0.4, 0.5) is 0 Å². The van der Waals surface area contributed by atoms with Crippen molar-refractivity contribution in [1.82, 2.24) is 24.1 Å². The zero-order valence-electron chi connectivity index (χ0n) is 17.6.